The van der Waals surface area contributed by atoms with Crippen LogP contribution in [0.25, 0.3) is 10.9 Å². The first-order valence-corrected chi connectivity index (χ1v) is 15.0. The molecule has 3 aromatic rings. The van der Waals surface area contributed by atoms with Gasteiger partial charge in [0, 0.05) is 44.7 Å². The highest BCUT2D eigenvalue weighted by molar-refractivity contribution is 7.91. The minimum Gasteiger partial charge on any atom is -0.342 e. The number of hydrogen-bond acceptors (Lipinski definition) is 6. The molecule has 41 heavy (non-hydrogen) atoms. The van der Waals surface area contributed by atoms with E-state index in [1.54, 1.807) is 11.9 Å². The fraction of sp³-hybridized carbons (Fsp3) is 0.423. The van der Waals surface area contributed by atoms with Crippen molar-refractivity contribution in [3.63, 3.8) is 0 Å². The molecule has 2 heterocycles. The second kappa shape index (κ2) is 11.4. The molecule has 2 aromatic carbocycles. The SMILES string of the molecule is CCS(=O)(=O)c1ccc(Cl)cc1Cn1c(=O)[nH]c2c(Cl)c(CN3CCC(N(C)C(C)=O)C3)c(C(F)(F)F)cc2c1=O. The van der Waals surface area contributed by atoms with Crippen LogP contribution in [0.1, 0.15) is 37.0 Å². The van der Waals surface area contributed by atoms with Crippen molar-refractivity contribution in [1.82, 2.24) is 19.4 Å². The van der Waals surface area contributed by atoms with Crippen LogP contribution in [0, 0.1) is 0 Å². The molecule has 0 spiro atoms. The first kappa shape index (κ1) is 31.1. The summed E-state index contributed by atoms with van der Waals surface area (Å²) >= 11 is 12.5. The molecule has 15 heteroatoms. The molecule has 0 bridgehead atoms. The number of amides is 1. The van der Waals surface area contributed by atoms with Crippen molar-refractivity contribution < 1.29 is 26.4 Å². The number of H-pyrrole nitrogens is 1. The number of likely N-dealkylation sites (tertiary alicyclic amines) is 1. The summed E-state index contributed by atoms with van der Waals surface area (Å²) in [6.45, 7) is 2.78. The predicted octanol–water partition coefficient (Wildman–Crippen LogP) is 3.91. The molecular weight excluding hydrogens is 608 g/mol. The zero-order chi connectivity index (χ0) is 30.4. The van der Waals surface area contributed by atoms with Crippen LogP contribution in [0.2, 0.25) is 10.0 Å². The van der Waals surface area contributed by atoms with Gasteiger partial charge in [-0.2, -0.15) is 13.2 Å². The van der Waals surface area contributed by atoms with Crippen LogP contribution < -0.4 is 11.2 Å². The summed E-state index contributed by atoms with van der Waals surface area (Å²) in [6.07, 6.45) is -4.32. The van der Waals surface area contributed by atoms with Crippen molar-refractivity contribution in [3.05, 3.63) is 71.8 Å². The zero-order valence-electron chi connectivity index (χ0n) is 22.3. The third-order valence-corrected chi connectivity index (χ3v) is 9.85. The summed E-state index contributed by atoms with van der Waals surface area (Å²) in [7, 11) is -2.16. The average Bonchev–Trinajstić information content (AvgIpc) is 3.35. The van der Waals surface area contributed by atoms with Gasteiger partial charge in [-0.15, -0.1) is 0 Å². The lowest BCUT2D eigenvalue weighted by atomic mass is 10.0. The summed E-state index contributed by atoms with van der Waals surface area (Å²) < 4.78 is 68.6. The van der Waals surface area contributed by atoms with E-state index in [0.717, 1.165) is 0 Å². The summed E-state index contributed by atoms with van der Waals surface area (Å²) in [5.41, 5.74) is -3.73. The van der Waals surface area contributed by atoms with E-state index in [9.17, 15) is 36.0 Å². The van der Waals surface area contributed by atoms with Crippen LogP contribution in [-0.4, -0.2) is 65.6 Å². The highest BCUT2D eigenvalue weighted by Crippen LogP contribution is 2.39. The molecule has 1 unspecified atom stereocenters. The number of halogens is 5. The third-order valence-electron chi connectivity index (χ3n) is 7.37. The zero-order valence-corrected chi connectivity index (χ0v) is 24.6. The van der Waals surface area contributed by atoms with Crippen LogP contribution in [-0.2, 0) is 33.9 Å². The molecule has 0 saturated carbocycles. The van der Waals surface area contributed by atoms with Gasteiger partial charge in [0.05, 0.1) is 38.7 Å². The molecule has 1 aliphatic rings. The van der Waals surface area contributed by atoms with Crippen LogP contribution in [0.5, 0.6) is 0 Å². The maximum atomic E-state index is 14.3. The van der Waals surface area contributed by atoms with Gasteiger partial charge in [-0.05, 0) is 41.8 Å². The Morgan fingerprint density at radius 1 is 1.17 bits per heavy atom. The van der Waals surface area contributed by atoms with Crippen molar-refractivity contribution in [3.8, 4) is 0 Å². The molecule has 4 rings (SSSR count). The minimum absolute atomic E-state index is 0.0316. The van der Waals surface area contributed by atoms with E-state index >= 15 is 0 Å². The number of alkyl halides is 3. The number of nitrogens with one attached hydrogen (secondary N) is 1. The van der Waals surface area contributed by atoms with Crippen molar-refractivity contribution in [2.75, 3.05) is 25.9 Å². The Bertz CT molecular complexity index is 1750. The van der Waals surface area contributed by atoms with Gasteiger partial charge < -0.3 is 9.88 Å². The molecule has 1 amide bonds. The van der Waals surface area contributed by atoms with Crippen LogP contribution in [0.15, 0.2) is 38.8 Å². The van der Waals surface area contributed by atoms with Crippen LogP contribution in [0.3, 0.4) is 0 Å². The molecular formula is C26H27Cl2F3N4O5S. The number of likely N-dealkylation sites (N-methyl/N-ethyl adjacent to an activating group) is 1. The Morgan fingerprint density at radius 3 is 2.46 bits per heavy atom. The molecule has 1 saturated heterocycles. The number of aromatic amines is 1. The van der Waals surface area contributed by atoms with Gasteiger partial charge in [0.25, 0.3) is 5.56 Å². The lowest BCUT2D eigenvalue weighted by molar-refractivity contribution is -0.138. The number of carbonyl (C=O) groups excluding carboxylic acids is 1. The highest BCUT2D eigenvalue weighted by atomic mass is 35.5. The van der Waals surface area contributed by atoms with Crippen LogP contribution >= 0.6 is 23.2 Å². The van der Waals surface area contributed by atoms with Gasteiger partial charge in [0.15, 0.2) is 9.84 Å². The maximum absolute atomic E-state index is 14.3. The number of aromatic nitrogens is 2. The normalized spacial score (nSPS) is 16.4. The van der Waals surface area contributed by atoms with Gasteiger partial charge in [0.1, 0.15) is 0 Å². The number of sulfone groups is 1. The number of carbonyl (C=O) groups is 1. The standard InChI is InChI=1S/C26H27Cl2F3N4O5S/c1-4-41(39,40)21-6-5-16(27)9-15(21)11-35-24(37)18-10-20(26(29,30)31)19(22(28)23(18)32-25(35)38)13-34-8-7-17(12-34)33(3)14(2)36/h5-6,9-10,17H,4,7-8,11-13H2,1-3H3,(H,32,38). The van der Waals surface area contributed by atoms with Crippen molar-refractivity contribution >= 4 is 49.8 Å². The van der Waals surface area contributed by atoms with Gasteiger partial charge in [-0.1, -0.05) is 30.1 Å². The van der Waals surface area contributed by atoms with Crippen molar-refractivity contribution in [2.45, 2.75) is 50.5 Å². The topological polar surface area (TPSA) is 113 Å². The molecule has 1 aliphatic heterocycles. The largest absolute Gasteiger partial charge is 0.416 e. The van der Waals surface area contributed by atoms with E-state index in [-0.39, 0.29) is 50.8 Å². The number of fused-ring (bicyclic) bond motifs is 1. The number of benzene rings is 2. The fourth-order valence-electron chi connectivity index (χ4n) is 5.00. The lowest BCUT2D eigenvalue weighted by Gasteiger charge is -2.25. The van der Waals surface area contributed by atoms with E-state index in [2.05, 4.69) is 4.98 Å². The van der Waals surface area contributed by atoms with E-state index < -0.39 is 49.8 Å². The Kier molecular flexibility index (Phi) is 8.66. The first-order chi connectivity index (χ1) is 19.0. The average molecular weight is 635 g/mol. The highest BCUT2D eigenvalue weighted by Gasteiger charge is 2.37. The quantitative estimate of drug-likeness (QED) is 0.422. The van der Waals surface area contributed by atoms with Gasteiger partial charge in [0.2, 0.25) is 5.91 Å². The van der Waals surface area contributed by atoms with Gasteiger partial charge in [-0.3, -0.25) is 19.1 Å². The molecule has 9 nitrogen and oxygen atoms in total. The third kappa shape index (κ3) is 6.18. The summed E-state index contributed by atoms with van der Waals surface area (Å²) in [4.78, 5) is 43.7. The Labute approximate surface area is 243 Å². The monoisotopic (exact) mass is 634 g/mol. The van der Waals surface area contributed by atoms with E-state index in [1.807, 2.05) is 0 Å². The Morgan fingerprint density at radius 2 is 1.85 bits per heavy atom. The van der Waals surface area contributed by atoms with Crippen molar-refractivity contribution in [2.24, 2.45) is 0 Å². The number of hydrogen-bond donors (Lipinski definition) is 1. The summed E-state index contributed by atoms with van der Waals surface area (Å²) in [5.74, 6) is -0.427. The summed E-state index contributed by atoms with van der Waals surface area (Å²) in [5, 5.41) is -0.759. The predicted molar refractivity (Wildman–Crippen MR) is 149 cm³/mol. The molecule has 1 N–H and O–H groups in total. The molecule has 0 aliphatic carbocycles. The van der Waals surface area contributed by atoms with Gasteiger partial charge >= 0.3 is 11.9 Å². The second-order valence-corrected chi connectivity index (χ2v) is 13.0. The Hall–Kier alpha value is -2.87. The lowest BCUT2D eigenvalue weighted by Crippen LogP contribution is -2.37. The van der Waals surface area contributed by atoms with E-state index in [0.29, 0.717) is 30.1 Å². The molecule has 1 aromatic heterocycles. The number of nitrogens with zero attached hydrogens (tertiary/aromatic N) is 3. The van der Waals surface area contributed by atoms with Crippen LogP contribution in [0.4, 0.5) is 13.2 Å². The molecule has 1 atom stereocenters. The van der Waals surface area contributed by atoms with Gasteiger partial charge in [-0.25, -0.2) is 13.2 Å². The molecule has 0 radical (unpaired) electrons. The van der Waals surface area contributed by atoms with E-state index in [4.69, 9.17) is 23.2 Å². The number of rotatable bonds is 7. The minimum atomic E-state index is -4.88. The van der Waals surface area contributed by atoms with E-state index in [1.165, 1.54) is 36.9 Å². The summed E-state index contributed by atoms with van der Waals surface area (Å²) in [6, 6.07) is 4.35. The Balaban J connectivity index is 1.83. The molecule has 1 fully saturated rings. The first-order valence-electron chi connectivity index (χ1n) is 12.6. The second-order valence-electron chi connectivity index (χ2n) is 9.92. The molecule has 222 valence electrons. The fourth-order valence-corrected chi connectivity index (χ4v) is 6.61. The smallest absolute Gasteiger partial charge is 0.342 e. The van der Waals surface area contributed by atoms with Crippen molar-refractivity contribution in [1.29, 1.82) is 0 Å². The maximum Gasteiger partial charge on any atom is 0.416 e.